The van der Waals surface area contributed by atoms with E-state index in [2.05, 4.69) is 39.5 Å². The average molecular weight is 227 g/mol. The first kappa shape index (κ1) is 14.0. The van der Waals surface area contributed by atoms with Crippen molar-refractivity contribution in [2.75, 3.05) is 13.1 Å². The number of hydrogen-bond donors (Lipinski definition) is 1. The van der Waals surface area contributed by atoms with Crippen molar-refractivity contribution in [1.29, 1.82) is 0 Å². The van der Waals surface area contributed by atoms with Crippen LogP contribution in [-0.2, 0) is 0 Å². The van der Waals surface area contributed by atoms with Gasteiger partial charge in [0.05, 0.1) is 6.10 Å². The summed E-state index contributed by atoms with van der Waals surface area (Å²) < 4.78 is 0. The molecule has 1 fully saturated rings. The summed E-state index contributed by atoms with van der Waals surface area (Å²) in [5.41, 5.74) is 0.125. The van der Waals surface area contributed by atoms with Crippen LogP contribution in [0.5, 0.6) is 0 Å². The smallest absolute Gasteiger partial charge is 0.0631 e. The van der Waals surface area contributed by atoms with Gasteiger partial charge in [0.25, 0.3) is 0 Å². The largest absolute Gasteiger partial charge is 0.392 e. The van der Waals surface area contributed by atoms with E-state index < -0.39 is 0 Å². The van der Waals surface area contributed by atoms with Crippen LogP contribution in [-0.4, -0.2) is 35.2 Å². The fourth-order valence-corrected chi connectivity index (χ4v) is 2.87. The lowest BCUT2D eigenvalue weighted by molar-refractivity contribution is 0.0280. The summed E-state index contributed by atoms with van der Waals surface area (Å²) in [5, 5.41) is 10.3. The number of hydrogen-bond acceptors (Lipinski definition) is 2. The van der Waals surface area contributed by atoms with Crippen LogP contribution in [0.15, 0.2) is 0 Å². The van der Waals surface area contributed by atoms with Crippen molar-refractivity contribution in [2.45, 2.75) is 66.0 Å². The van der Waals surface area contributed by atoms with Crippen LogP contribution in [0.2, 0.25) is 0 Å². The quantitative estimate of drug-likeness (QED) is 0.780. The number of aliphatic hydroxyl groups is 1. The summed E-state index contributed by atoms with van der Waals surface area (Å²) >= 11 is 0. The molecule has 0 heterocycles. The molecule has 1 rings (SSSR count). The molecule has 0 aromatic carbocycles. The molecule has 0 aromatic rings. The maximum Gasteiger partial charge on any atom is 0.0631 e. The van der Waals surface area contributed by atoms with Gasteiger partial charge < -0.3 is 10.0 Å². The van der Waals surface area contributed by atoms with Gasteiger partial charge in [-0.15, -0.1) is 0 Å². The molecule has 0 aromatic heterocycles. The summed E-state index contributed by atoms with van der Waals surface area (Å²) in [7, 11) is 0. The molecule has 0 spiro atoms. The minimum Gasteiger partial charge on any atom is -0.392 e. The van der Waals surface area contributed by atoms with Gasteiger partial charge in [-0.05, 0) is 44.1 Å². The molecule has 16 heavy (non-hydrogen) atoms. The molecular formula is C14H29NO. The molecule has 0 bridgehead atoms. The van der Waals surface area contributed by atoms with Gasteiger partial charge in [-0.25, -0.2) is 0 Å². The van der Waals surface area contributed by atoms with Crippen molar-refractivity contribution >= 4 is 0 Å². The highest BCUT2D eigenvalue weighted by molar-refractivity contribution is 4.92. The van der Waals surface area contributed by atoms with Gasteiger partial charge in [-0.3, -0.25) is 0 Å². The molecule has 3 atom stereocenters. The monoisotopic (exact) mass is 227 g/mol. The predicted octanol–water partition coefficient (Wildman–Crippen LogP) is 2.90. The number of aliphatic hydroxyl groups excluding tert-OH is 1. The van der Waals surface area contributed by atoms with Gasteiger partial charge in [-0.1, -0.05) is 27.7 Å². The van der Waals surface area contributed by atoms with Crippen LogP contribution in [0.4, 0.5) is 0 Å². The molecule has 0 amide bonds. The lowest BCUT2D eigenvalue weighted by atomic mass is 9.87. The van der Waals surface area contributed by atoms with Crippen molar-refractivity contribution in [3.63, 3.8) is 0 Å². The van der Waals surface area contributed by atoms with E-state index in [9.17, 15) is 5.11 Å². The minimum absolute atomic E-state index is 0.120. The topological polar surface area (TPSA) is 23.5 Å². The highest BCUT2D eigenvalue weighted by Gasteiger charge is 2.41. The van der Waals surface area contributed by atoms with Crippen molar-refractivity contribution in [3.05, 3.63) is 0 Å². The first-order valence-electron chi connectivity index (χ1n) is 6.84. The molecule has 1 aliphatic rings. The molecule has 0 aliphatic heterocycles. The van der Waals surface area contributed by atoms with Crippen LogP contribution < -0.4 is 0 Å². The normalized spacial score (nSPS) is 30.9. The second-order valence-corrected chi connectivity index (χ2v) is 6.08. The molecule has 1 saturated carbocycles. The van der Waals surface area contributed by atoms with E-state index in [1.807, 2.05) is 0 Å². The van der Waals surface area contributed by atoms with Gasteiger partial charge in [0, 0.05) is 12.6 Å². The lowest BCUT2D eigenvalue weighted by Gasteiger charge is -2.32. The molecule has 2 heteroatoms. The van der Waals surface area contributed by atoms with E-state index in [1.54, 1.807) is 0 Å². The zero-order chi connectivity index (χ0) is 12.3. The Hall–Kier alpha value is -0.0800. The van der Waals surface area contributed by atoms with Crippen LogP contribution in [0, 0.1) is 11.3 Å². The third kappa shape index (κ3) is 2.98. The van der Waals surface area contributed by atoms with E-state index in [4.69, 9.17) is 0 Å². The molecule has 96 valence electrons. The number of nitrogens with zero attached hydrogens (tertiary/aromatic N) is 1. The first-order valence-corrected chi connectivity index (χ1v) is 6.84. The molecule has 2 nitrogen and oxygen atoms in total. The average Bonchev–Trinajstić information content (AvgIpc) is 2.51. The summed E-state index contributed by atoms with van der Waals surface area (Å²) in [6.07, 6.45) is 3.42. The molecule has 3 unspecified atom stereocenters. The SMILES string of the molecule is CCC(C)N(CC)CC1CCC(C)(C)C1O. The molecule has 1 N–H and O–H groups in total. The summed E-state index contributed by atoms with van der Waals surface area (Å²) in [6, 6.07) is 0.640. The standard InChI is InChI=1S/C14H29NO/c1-6-11(3)15(7-2)10-12-8-9-14(4,5)13(12)16/h11-13,16H,6-10H2,1-5H3. The fourth-order valence-electron chi connectivity index (χ4n) is 2.87. The summed E-state index contributed by atoms with van der Waals surface area (Å²) in [4.78, 5) is 2.51. The Morgan fingerprint density at radius 3 is 2.38 bits per heavy atom. The maximum absolute atomic E-state index is 10.3. The second kappa shape index (κ2) is 5.50. The Morgan fingerprint density at radius 2 is 2.00 bits per heavy atom. The van der Waals surface area contributed by atoms with E-state index in [1.165, 1.54) is 12.8 Å². The fraction of sp³-hybridized carbons (Fsp3) is 1.00. The summed E-state index contributed by atoms with van der Waals surface area (Å²) in [6.45, 7) is 13.3. The van der Waals surface area contributed by atoms with Crippen LogP contribution in [0.3, 0.4) is 0 Å². The molecule has 0 saturated heterocycles. The van der Waals surface area contributed by atoms with Crippen LogP contribution in [0.25, 0.3) is 0 Å². The highest BCUT2D eigenvalue weighted by Crippen LogP contribution is 2.41. The third-order valence-corrected chi connectivity index (χ3v) is 4.50. The van der Waals surface area contributed by atoms with Crippen LogP contribution in [0.1, 0.15) is 53.9 Å². The van der Waals surface area contributed by atoms with Crippen molar-refractivity contribution in [2.24, 2.45) is 11.3 Å². The van der Waals surface area contributed by atoms with Crippen LogP contribution >= 0.6 is 0 Å². The second-order valence-electron chi connectivity index (χ2n) is 6.08. The van der Waals surface area contributed by atoms with Gasteiger partial charge >= 0.3 is 0 Å². The predicted molar refractivity (Wildman–Crippen MR) is 69.5 cm³/mol. The lowest BCUT2D eigenvalue weighted by Crippen LogP contribution is -2.40. The first-order chi connectivity index (χ1) is 7.42. The van der Waals surface area contributed by atoms with E-state index in [-0.39, 0.29) is 11.5 Å². The van der Waals surface area contributed by atoms with E-state index >= 15 is 0 Å². The molecular weight excluding hydrogens is 198 g/mol. The third-order valence-electron chi connectivity index (χ3n) is 4.50. The molecule has 0 radical (unpaired) electrons. The van der Waals surface area contributed by atoms with Gasteiger partial charge in [-0.2, -0.15) is 0 Å². The Balaban J connectivity index is 2.54. The summed E-state index contributed by atoms with van der Waals surface area (Å²) in [5.74, 6) is 0.476. The van der Waals surface area contributed by atoms with Crippen molar-refractivity contribution in [1.82, 2.24) is 4.90 Å². The number of rotatable bonds is 5. The Morgan fingerprint density at radius 1 is 1.38 bits per heavy atom. The minimum atomic E-state index is -0.120. The van der Waals surface area contributed by atoms with Gasteiger partial charge in [0.15, 0.2) is 0 Å². The van der Waals surface area contributed by atoms with Gasteiger partial charge in [0.1, 0.15) is 0 Å². The van der Waals surface area contributed by atoms with Crippen molar-refractivity contribution < 1.29 is 5.11 Å². The zero-order valence-corrected chi connectivity index (χ0v) is 11.7. The maximum atomic E-state index is 10.3. The Labute approximate surface area is 101 Å². The Kier molecular flexibility index (Phi) is 4.81. The molecule has 1 aliphatic carbocycles. The Bertz CT molecular complexity index is 215. The zero-order valence-electron chi connectivity index (χ0n) is 11.7. The van der Waals surface area contributed by atoms with E-state index in [0.29, 0.717) is 12.0 Å². The highest BCUT2D eigenvalue weighted by atomic mass is 16.3. The van der Waals surface area contributed by atoms with E-state index in [0.717, 1.165) is 19.5 Å². The van der Waals surface area contributed by atoms with Gasteiger partial charge in [0.2, 0.25) is 0 Å². The van der Waals surface area contributed by atoms with Crippen molar-refractivity contribution in [3.8, 4) is 0 Å².